The normalized spacial score (nSPS) is 13.7. The molecule has 2 atom stereocenters. The van der Waals surface area contributed by atoms with Gasteiger partial charge in [-0.25, -0.2) is 0 Å². The van der Waals surface area contributed by atoms with E-state index in [0.717, 1.165) is 77.0 Å². The van der Waals surface area contributed by atoms with Gasteiger partial charge < -0.3 is 27.9 Å². The molecule has 0 saturated heterocycles. The maximum Gasteiger partial charge on any atom is 0.306 e. The summed E-state index contributed by atoms with van der Waals surface area (Å²) >= 11 is 0. The lowest BCUT2D eigenvalue weighted by Gasteiger charge is -2.28. The first-order chi connectivity index (χ1) is 25.0. The zero-order valence-corrected chi connectivity index (χ0v) is 34.5. The Balaban J connectivity index is 4.41. The molecule has 0 aliphatic heterocycles. The van der Waals surface area contributed by atoms with Gasteiger partial charge >= 0.3 is 11.9 Å². The van der Waals surface area contributed by atoms with Crippen molar-refractivity contribution >= 4 is 19.8 Å². The fourth-order valence-corrected chi connectivity index (χ4v) is 6.16. The molecule has 0 aliphatic carbocycles. The predicted octanol–water partition coefficient (Wildman–Crippen LogP) is 10.2. The van der Waals surface area contributed by atoms with Crippen LogP contribution in [0.15, 0.2) is 24.3 Å². The lowest BCUT2D eigenvalue weighted by molar-refractivity contribution is -0.870. The Bertz CT molecular complexity index is 1020. The molecule has 0 aromatic carbocycles. The van der Waals surface area contributed by atoms with Crippen LogP contribution in [0.3, 0.4) is 0 Å². The summed E-state index contributed by atoms with van der Waals surface area (Å²) in [6.45, 7) is 1.93. The highest BCUT2D eigenvalue weighted by atomic mass is 31.2. The van der Waals surface area contributed by atoms with Crippen LogP contribution in [0.25, 0.3) is 0 Å². The summed E-state index contributed by atoms with van der Waals surface area (Å²) in [6, 6.07) is 0. The van der Waals surface area contributed by atoms with Gasteiger partial charge in [-0.2, -0.15) is 0 Å². The summed E-state index contributed by atoms with van der Waals surface area (Å²) in [7, 11) is 1.14. The Kier molecular flexibility index (Phi) is 33.5. The number of quaternary nitrogens is 1. The molecule has 0 amide bonds. The van der Waals surface area contributed by atoms with Crippen molar-refractivity contribution in [2.75, 3.05) is 47.5 Å². The SMILES string of the molecule is C#CCCC/C=C\C/C=C\CCCCCCCC(=O)O[C@H](COC(=O)CCCCCCCCCCCCCCC)COP(=O)([O-])OCC[N+](C)(C)C. The second-order valence-corrected chi connectivity index (χ2v) is 16.4. The van der Waals surface area contributed by atoms with E-state index in [1.165, 1.54) is 64.2 Å². The highest BCUT2D eigenvalue weighted by Gasteiger charge is 2.21. The summed E-state index contributed by atoms with van der Waals surface area (Å²) in [5, 5.41) is 0. The minimum absolute atomic E-state index is 0.0370. The Labute approximate surface area is 318 Å². The largest absolute Gasteiger partial charge is 0.756 e. The summed E-state index contributed by atoms with van der Waals surface area (Å²) in [4.78, 5) is 37.4. The Morgan fingerprint density at radius 1 is 0.692 bits per heavy atom. The molecule has 52 heavy (non-hydrogen) atoms. The molecule has 302 valence electrons. The number of nitrogens with zero attached hydrogens (tertiary/aromatic N) is 1. The van der Waals surface area contributed by atoms with Crippen LogP contribution in [-0.2, 0) is 32.7 Å². The number of rotatable bonds is 37. The molecule has 0 heterocycles. The number of hydrogen-bond acceptors (Lipinski definition) is 8. The quantitative estimate of drug-likeness (QED) is 0.0154. The molecule has 0 aromatic heterocycles. The van der Waals surface area contributed by atoms with Crippen LogP contribution in [0.4, 0.5) is 0 Å². The number of esters is 2. The van der Waals surface area contributed by atoms with Crippen molar-refractivity contribution in [2.24, 2.45) is 0 Å². The summed E-state index contributed by atoms with van der Waals surface area (Å²) in [5.41, 5.74) is 0. The molecule has 9 nitrogen and oxygen atoms in total. The first-order valence-electron chi connectivity index (χ1n) is 20.5. The number of hydrogen-bond donors (Lipinski definition) is 0. The van der Waals surface area contributed by atoms with Crippen LogP contribution in [0, 0.1) is 12.3 Å². The summed E-state index contributed by atoms with van der Waals surface area (Å²) in [5.74, 6) is 1.79. The first-order valence-corrected chi connectivity index (χ1v) is 21.9. The van der Waals surface area contributed by atoms with Gasteiger partial charge in [0.25, 0.3) is 7.82 Å². The predicted molar refractivity (Wildman–Crippen MR) is 211 cm³/mol. The highest BCUT2D eigenvalue weighted by Crippen LogP contribution is 2.38. The van der Waals surface area contributed by atoms with Gasteiger partial charge in [0.05, 0.1) is 27.7 Å². The number of phosphoric acid groups is 1. The third-order valence-corrected chi connectivity index (χ3v) is 9.66. The van der Waals surface area contributed by atoms with E-state index in [0.29, 0.717) is 17.4 Å². The van der Waals surface area contributed by atoms with Gasteiger partial charge in [-0.3, -0.25) is 14.2 Å². The molecule has 0 fully saturated rings. The zero-order chi connectivity index (χ0) is 38.6. The minimum Gasteiger partial charge on any atom is -0.756 e. The molecule has 0 rings (SSSR count). The van der Waals surface area contributed by atoms with Crippen molar-refractivity contribution in [2.45, 2.75) is 174 Å². The second-order valence-electron chi connectivity index (χ2n) is 15.0. The number of terminal acetylenes is 1. The van der Waals surface area contributed by atoms with E-state index >= 15 is 0 Å². The molecular weight excluding hydrogens is 677 g/mol. The van der Waals surface area contributed by atoms with Gasteiger partial charge in [0.2, 0.25) is 0 Å². The molecule has 0 N–H and O–H groups in total. The van der Waals surface area contributed by atoms with Crippen LogP contribution in [-0.4, -0.2) is 70.0 Å². The Morgan fingerprint density at radius 3 is 1.73 bits per heavy atom. The number of ether oxygens (including phenoxy) is 2. The fourth-order valence-electron chi connectivity index (χ4n) is 5.43. The topological polar surface area (TPSA) is 111 Å². The molecule has 10 heteroatoms. The standard InChI is InChI=1S/C42H76NO8P/c1-6-8-10-12-14-16-18-20-21-23-25-27-29-31-33-35-42(45)51-40(39-50-52(46,47)49-37-36-43(3,4)5)38-48-41(44)34-32-30-28-26-24-22-19-17-15-13-11-9-7-2/h1,14,16,20-21,40H,7-13,15,17-19,22-39H2,2-5H3/b16-14-,21-20-/t40-/m1/s1. The average Bonchev–Trinajstić information content (AvgIpc) is 3.09. The van der Waals surface area contributed by atoms with E-state index in [1.807, 2.05) is 21.1 Å². The summed E-state index contributed by atoms with van der Waals surface area (Å²) in [6.07, 6.45) is 38.9. The third-order valence-electron chi connectivity index (χ3n) is 8.69. The smallest absolute Gasteiger partial charge is 0.306 e. The number of carbonyl (C=O) groups excluding carboxylic acids is 2. The Hall–Kier alpha value is -1.95. The van der Waals surface area contributed by atoms with Crippen molar-refractivity contribution in [3.8, 4) is 12.3 Å². The monoisotopic (exact) mass is 754 g/mol. The third kappa shape index (κ3) is 37.8. The lowest BCUT2D eigenvalue weighted by atomic mass is 10.0. The van der Waals surface area contributed by atoms with Crippen LogP contribution in [0.2, 0.25) is 0 Å². The van der Waals surface area contributed by atoms with Crippen molar-refractivity contribution in [3.05, 3.63) is 24.3 Å². The lowest BCUT2D eigenvalue weighted by Crippen LogP contribution is -2.37. The Morgan fingerprint density at radius 2 is 1.19 bits per heavy atom. The van der Waals surface area contributed by atoms with Gasteiger partial charge in [-0.15, -0.1) is 12.3 Å². The van der Waals surface area contributed by atoms with Gasteiger partial charge in [-0.1, -0.05) is 128 Å². The molecule has 1 unspecified atom stereocenters. The van der Waals surface area contributed by atoms with Crippen LogP contribution < -0.4 is 4.89 Å². The number of likely N-dealkylation sites (N-methyl/N-ethyl adjacent to an activating group) is 1. The van der Waals surface area contributed by atoms with E-state index in [1.54, 1.807) is 0 Å². The van der Waals surface area contributed by atoms with Crippen LogP contribution in [0.5, 0.6) is 0 Å². The zero-order valence-electron chi connectivity index (χ0n) is 33.6. The molecule has 0 radical (unpaired) electrons. The van der Waals surface area contributed by atoms with Crippen LogP contribution in [0.1, 0.15) is 167 Å². The van der Waals surface area contributed by atoms with Gasteiger partial charge in [0, 0.05) is 19.3 Å². The van der Waals surface area contributed by atoms with Crippen molar-refractivity contribution in [1.29, 1.82) is 0 Å². The van der Waals surface area contributed by atoms with Crippen molar-refractivity contribution in [3.63, 3.8) is 0 Å². The highest BCUT2D eigenvalue weighted by molar-refractivity contribution is 7.45. The number of allylic oxidation sites excluding steroid dienone is 4. The fraction of sp³-hybridized carbons (Fsp3) is 0.810. The van der Waals surface area contributed by atoms with E-state index in [2.05, 4.69) is 37.1 Å². The molecule has 0 aliphatic rings. The van der Waals surface area contributed by atoms with E-state index in [-0.39, 0.29) is 26.1 Å². The molecule has 0 spiro atoms. The van der Waals surface area contributed by atoms with Crippen LogP contribution >= 0.6 is 7.82 Å². The number of unbranched alkanes of at least 4 members (excludes halogenated alkanes) is 19. The number of phosphoric ester groups is 1. The molecule has 0 bridgehead atoms. The second kappa shape index (κ2) is 34.8. The van der Waals surface area contributed by atoms with E-state index < -0.39 is 32.5 Å². The van der Waals surface area contributed by atoms with E-state index in [4.69, 9.17) is 24.9 Å². The molecule has 0 saturated carbocycles. The van der Waals surface area contributed by atoms with Crippen molar-refractivity contribution < 1.29 is 42.1 Å². The molecular formula is C42H76NO8P. The van der Waals surface area contributed by atoms with Crippen molar-refractivity contribution in [1.82, 2.24) is 0 Å². The first kappa shape index (κ1) is 50.1. The maximum atomic E-state index is 12.6. The van der Waals surface area contributed by atoms with Gasteiger partial charge in [0.1, 0.15) is 19.8 Å². The maximum absolute atomic E-state index is 12.6. The molecule has 0 aromatic rings. The minimum atomic E-state index is -4.63. The van der Waals surface area contributed by atoms with Gasteiger partial charge in [-0.05, 0) is 44.9 Å². The number of carbonyl (C=O) groups is 2. The average molecular weight is 754 g/mol. The van der Waals surface area contributed by atoms with Gasteiger partial charge in [0.15, 0.2) is 6.10 Å². The van der Waals surface area contributed by atoms with E-state index in [9.17, 15) is 19.0 Å². The summed E-state index contributed by atoms with van der Waals surface area (Å²) < 4.78 is 33.8.